The molecule has 1 N–H and O–H groups in total. The number of carbonyl (C=O) groups excluding carboxylic acids is 2. The molecule has 0 aliphatic heterocycles. The van der Waals surface area contributed by atoms with Crippen molar-refractivity contribution in [1.29, 1.82) is 0 Å². The van der Waals surface area contributed by atoms with Crippen LogP contribution in [0.5, 0.6) is 0 Å². The number of carbonyl (C=O) groups is 2. The van der Waals surface area contributed by atoms with Gasteiger partial charge < -0.3 is 14.6 Å². The van der Waals surface area contributed by atoms with E-state index in [0.717, 1.165) is 57.8 Å². The van der Waals surface area contributed by atoms with Crippen molar-refractivity contribution < 1.29 is 24.2 Å². The average molecular weight is 1040 g/mol. The lowest BCUT2D eigenvalue weighted by atomic mass is 10.0. The summed E-state index contributed by atoms with van der Waals surface area (Å²) in [6, 6.07) is 0. The summed E-state index contributed by atoms with van der Waals surface area (Å²) >= 11 is 0. The lowest BCUT2D eigenvalue weighted by Gasteiger charge is -2.15. The van der Waals surface area contributed by atoms with Gasteiger partial charge in [0.05, 0.1) is 6.61 Å². The van der Waals surface area contributed by atoms with Gasteiger partial charge in [0, 0.05) is 12.8 Å². The largest absolute Gasteiger partial charge is 0.462 e. The molecule has 0 radical (unpaired) electrons. The molecule has 0 aliphatic rings. The lowest BCUT2D eigenvalue weighted by Crippen LogP contribution is -2.28. The van der Waals surface area contributed by atoms with Gasteiger partial charge in [-0.1, -0.05) is 345 Å². The van der Waals surface area contributed by atoms with E-state index in [4.69, 9.17) is 9.47 Å². The first-order valence-electron chi connectivity index (χ1n) is 33.2. The normalized spacial score (nSPS) is 12.4. The Hall–Kier alpha value is -2.14. The zero-order valence-corrected chi connectivity index (χ0v) is 49.9. The summed E-state index contributed by atoms with van der Waals surface area (Å²) in [5.41, 5.74) is 0. The van der Waals surface area contributed by atoms with Crippen LogP contribution in [0.25, 0.3) is 0 Å². The number of hydrogen-bond acceptors (Lipinski definition) is 5. The van der Waals surface area contributed by atoms with Gasteiger partial charge in [0.1, 0.15) is 6.61 Å². The molecular formula is C69H128O5. The van der Waals surface area contributed by atoms with Gasteiger partial charge in [-0.05, 0) is 51.4 Å². The molecule has 1 unspecified atom stereocenters. The van der Waals surface area contributed by atoms with E-state index in [1.807, 2.05) is 0 Å². The summed E-state index contributed by atoms with van der Waals surface area (Å²) in [4.78, 5) is 24.6. The van der Waals surface area contributed by atoms with Gasteiger partial charge in [-0.2, -0.15) is 0 Å². The second-order valence-electron chi connectivity index (χ2n) is 22.5. The van der Waals surface area contributed by atoms with E-state index in [1.165, 1.54) is 276 Å². The van der Waals surface area contributed by atoms with E-state index in [9.17, 15) is 14.7 Å². The fraction of sp³-hybridized carbons (Fsp3) is 0.855. The zero-order valence-electron chi connectivity index (χ0n) is 49.9. The molecule has 5 nitrogen and oxygen atoms in total. The molecule has 0 rings (SSSR count). The standard InChI is InChI=1S/C69H128O5/c1-3-5-7-9-11-13-15-17-19-21-23-24-25-26-27-28-29-30-31-32-33-34-35-36-37-38-39-40-41-42-43-44-46-48-50-52-54-56-58-60-62-64-69(72)74-67(65-70)66-73-68(71)63-61-59-57-55-53-51-49-47-45-22-20-18-16-14-12-10-8-6-4-2/h5,7,11,13,17,19,23-24,67,70H,3-4,6,8-10,12,14-16,18,20-22,25-66H2,1-2H3/b7-5-,13-11-,19-17-,24-23-. The van der Waals surface area contributed by atoms with E-state index >= 15 is 0 Å². The minimum atomic E-state index is -0.767. The third-order valence-electron chi connectivity index (χ3n) is 15.1. The maximum Gasteiger partial charge on any atom is 0.306 e. The molecule has 0 fully saturated rings. The van der Waals surface area contributed by atoms with Crippen LogP contribution in [0, 0.1) is 0 Å². The Kier molecular flexibility index (Phi) is 63.3. The molecule has 0 saturated carbocycles. The van der Waals surface area contributed by atoms with Gasteiger partial charge in [-0.25, -0.2) is 0 Å². The second kappa shape index (κ2) is 65.1. The molecule has 74 heavy (non-hydrogen) atoms. The van der Waals surface area contributed by atoms with Crippen molar-refractivity contribution in [2.75, 3.05) is 13.2 Å². The number of aliphatic hydroxyl groups is 1. The molecule has 0 heterocycles. The first kappa shape index (κ1) is 71.9. The predicted molar refractivity (Wildman–Crippen MR) is 325 cm³/mol. The molecule has 5 heteroatoms. The first-order chi connectivity index (χ1) is 36.6. The van der Waals surface area contributed by atoms with E-state index < -0.39 is 6.10 Å². The van der Waals surface area contributed by atoms with E-state index in [-0.39, 0.29) is 25.2 Å². The monoisotopic (exact) mass is 1040 g/mol. The van der Waals surface area contributed by atoms with Crippen LogP contribution < -0.4 is 0 Å². The highest BCUT2D eigenvalue weighted by Crippen LogP contribution is 2.19. The van der Waals surface area contributed by atoms with Gasteiger partial charge in [-0.15, -0.1) is 0 Å². The Morgan fingerprint density at radius 2 is 0.581 bits per heavy atom. The van der Waals surface area contributed by atoms with Gasteiger partial charge in [0.15, 0.2) is 6.10 Å². The van der Waals surface area contributed by atoms with Crippen molar-refractivity contribution in [2.24, 2.45) is 0 Å². The van der Waals surface area contributed by atoms with Gasteiger partial charge in [-0.3, -0.25) is 9.59 Å². The molecule has 0 aromatic rings. The van der Waals surface area contributed by atoms with Crippen molar-refractivity contribution >= 4 is 11.9 Å². The van der Waals surface area contributed by atoms with Crippen LogP contribution in [0.3, 0.4) is 0 Å². The third-order valence-corrected chi connectivity index (χ3v) is 15.1. The molecule has 0 spiro atoms. The van der Waals surface area contributed by atoms with Crippen molar-refractivity contribution in [3.63, 3.8) is 0 Å². The summed E-state index contributed by atoms with van der Waals surface area (Å²) in [6.45, 7) is 4.08. The Labute approximate surface area is 462 Å². The van der Waals surface area contributed by atoms with Crippen molar-refractivity contribution in [2.45, 2.75) is 367 Å². The summed E-state index contributed by atoms with van der Waals surface area (Å²) in [7, 11) is 0. The molecule has 1 atom stereocenters. The van der Waals surface area contributed by atoms with Crippen LogP contribution in [-0.2, 0) is 19.1 Å². The maximum atomic E-state index is 12.3. The number of hydrogen-bond donors (Lipinski definition) is 1. The number of rotatable bonds is 62. The summed E-state index contributed by atoms with van der Waals surface area (Å²) in [5.74, 6) is -0.566. The smallest absolute Gasteiger partial charge is 0.306 e. The van der Waals surface area contributed by atoms with Gasteiger partial charge in [0.2, 0.25) is 0 Å². The molecule has 434 valence electrons. The zero-order chi connectivity index (χ0) is 53.4. The van der Waals surface area contributed by atoms with Crippen molar-refractivity contribution in [1.82, 2.24) is 0 Å². The number of allylic oxidation sites excluding steroid dienone is 8. The fourth-order valence-electron chi connectivity index (χ4n) is 10.2. The maximum absolute atomic E-state index is 12.3. The quantitative estimate of drug-likeness (QED) is 0.0373. The van der Waals surface area contributed by atoms with E-state index in [1.54, 1.807) is 0 Å². The Bertz CT molecular complexity index is 1220. The van der Waals surface area contributed by atoms with Crippen LogP contribution in [0.2, 0.25) is 0 Å². The Morgan fingerprint density at radius 3 is 0.878 bits per heavy atom. The molecule has 0 aromatic carbocycles. The van der Waals surface area contributed by atoms with Crippen LogP contribution in [0.1, 0.15) is 361 Å². The minimum Gasteiger partial charge on any atom is -0.462 e. The van der Waals surface area contributed by atoms with Crippen molar-refractivity contribution in [3.8, 4) is 0 Å². The van der Waals surface area contributed by atoms with Crippen LogP contribution in [0.15, 0.2) is 48.6 Å². The number of ether oxygens (including phenoxy) is 2. The van der Waals surface area contributed by atoms with Crippen molar-refractivity contribution in [3.05, 3.63) is 48.6 Å². The minimum absolute atomic E-state index is 0.0581. The van der Waals surface area contributed by atoms with Gasteiger partial charge in [0.25, 0.3) is 0 Å². The number of unbranched alkanes of at least 4 members (excludes halogenated alkanes) is 46. The number of aliphatic hydroxyl groups excluding tert-OH is 1. The molecule has 0 amide bonds. The summed E-state index contributed by atoms with van der Waals surface area (Å²) in [6.07, 6.45) is 87.2. The van der Waals surface area contributed by atoms with E-state index in [2.05, 4.69) is 62.5 Å². The topological polar surface area (TPSA) is 72.8 Å². The van der Waals surface area contributed by atoms with Crippen LogP contribution in [-0.4, -0.2) is 36.4 Å². The fourth-order valence-corrected chi connectivity index (χ4v) is 10.2. The van der Waals surface area contributed by atoms with Crippen LogP contribution >= 0.6 is 0 Å². The summed E-state index contributed by atoms with van der Waals surface area (Å²) in [5, 5.41) is 9.67. The Morgan fingerprint density at radius 1 is 0.324 bits per heavy atom. The molecule has 0 bridgehead atoms. The first-order valence-corrected chi connectivity index (χ1v) is 33.2. The highest BCUT2D eigenvalue weighted by atomic mass is 16.6. The highest BCUT2D eigenvalue weighted by Gasteiger charge is 2.16. The van der Waals surface area contributed by atoms with E-state index in [0.29, 0.717) is 12.8 Å². The third kappa shape index (κ3) is 62.4. The Balaban J connectivity index is 3.36. The molecule has 0 saturated heterocycles. The SMILES string of the molecule is CC/C=C\C/C=C\C/C=C\C/C=C\CCCCCCCCCCCCCCCCCCCCCCCCCCCCCCC(=O)OC(CO)COC(=O)CCCCCCCCCCCCCCCCCCCCC. The molecular weight excluding hydrogens is 909 g/mol. The molecule has 0 aromatic heterocycles. The van der Waals surface area contributed by atoms with Gasteiger partial charge >= 0.3 is 11.9 Å². The predicted octanol–water partition coefficient (Wildman–Crippen LogP) is 22.8. The highest BCUT2D eigenvalue weighted by molar-refractivity contribution is 5.70. The second-order valence-corrected chi connectivity index (χ2v) is 22.5. The summed E-state index contributed by atoms with van der Waals surface area (Å²) < 4.78 is 10.7. The molecule has 0 aliphatic carbocycles. The number of esters is 2. The average Bonchev–Trinajstić information content (AvgIpc) is 3.40. The van der Waals surface area contributed by atoms with Crippen LogP contribution in [0.4, 0.5) is 0 Å². The lowest BCUT2D eigenvalue weighted by molar-refractivity contribution is -0.161.